The standard InChI is InChI=1S/C24H16F4N2O2/c25-23(26,21(31)29-19-13-5-9-15-7-1-3-11-17(15)19)24(27,28)22(32)30-20-14-6-10-16-8-2-4-12-18(16)20/h1-14H,(H,29,31)(H,30,32). The fourth-order valence-electron chi connectivity index (χ4n) is 3.36. The highest BCUT2D eigenvalue weighted by Crippen LogP contribution is 2.37. The fourth-order valence-corrected chi connectivity index (χ4v) is 3.36. The Hall–Kier alpha value is -3.94. The van der Waals surface area contributed by atoms with Crippen LogP contribution in [0.1, 0.15) is 0 Å². The Morgan fingerprint density at radius 2 is 0.875 bits per heavy atom. The van der Waals surface area contributed by atoms with Crippen molar-refractivity contribution in [3.05, 3.63) is 84.9 Å². The Labute approximate surface area is 179 Å². The number of rotatable bonds is 5. The molecule has 162 valence electrons. The molecule has 4 nitrogen and oxygen atoms in total. The molecule has 0 saturated carbocycles. The van der Waals surface area contributed by atoms with E-state index in [0.717, 1.165) is 0 Å². The first-order chi connectivity index (χ1) is 15.2. The summed E-state index contributed by atoms with van der Waals surface area (Å²) in [6, 6.07) is 22.0. The second-order valence-electron chi connectivity index (χ2n) is 7.11. The molecule has 2 amide bonds. The number of carbonyl (C=O) groups excluding carboxylic acids is 2. The minimum absolute atomic E-state index is 0.0713. The highest BCUT2D eigenvalue weighted by molar-refractivity contribution is 6.10. The summed E-state index contributed by atoms with van der Waals surface area (Å²) in [6.45, 7) is 0. The maximum Gasteiger partial charge on any atom is 0.396 e. The third-order valence-corrected chi connectivity index (χ3v) is 5.04. The first-order valence-electron chi connectivity index (χ1n) is 9.56. The van der Waals surface area contributed by atoms with Crippen molar-refractivity contribution in [2.75, 3.05) is 10.6 Å². The van der Waals surface area contributed by atoms with Crippen molar-refractivity contribution >= 4 is 44.7 Å². The lowest BCUT2D eigenvalue weighted by atomic mass is 10.1. The van der Waals surface area contributed by atoms with E-state index in [1.807, 2.05) is 10.6 Å². The quantitative estimate of drug-likeness (QED) is 0.383. The number of hydrogen-bond acceptors (Lipinski definition) is 2. The molecule has 0 saturated heterocycles. The number of anilines is 2. The molecule has 0 bridgehead atoms. The van der Waals surface area contributed by atoms with Gasteiger partial charge in [-0.3, -0.25) is 9.59 Å². The monoisotopic (exact) mass is 440 g/mol. The van der Waals surface area contributed by atoms with Gasteiger partial charge in [-0.25, -0.2) is 0 Å². The molecular weight excluding hydrogens is 424 g/mol. The summed E-state index contributed by atoms with van der Waals surface area (Å²) in [6.07, 6.45) is 0. The Bertz CT molecular complexity index is 1220. The molecule has 8 heteroatoms. The Kier molecular flexibility index (Phi) is 5.30. The first-order valence-corrected chi connectivity index (χ1v) is 9.56. The molecule has 4 aromatic carbocycles. The van der Waals surface area contributed by atoms with Crippen molar-refractivity contribution in [1.29, 1.82) is 0 Å². The van der Waals surface area contributed by atoms with E-state index in [4.69, 9.17) is 0 Å². The van der Waals surface area contributed by atoms with Crippen LogP contribution in [0.2, 0.25) is 0 Å². The van der Waals surface area contributed by atoms with Gasteiger partial charge in [0.05, 0.1) is 0 Å². The van der Waals surface area contributed by atoms with E-state index in [1.165, 1.54) is 24.3 Å². The first kappa shape index (κ1) is 21.3. The van der Waals surface area contributed by atoms with Crippen LogP contribution in [0.15, 0.2) is 84.9 Å². The number of amides is 2. The zero-order valence-electron chi connectivity index (χ0n) is 16.4. The number of fused-ring (bicyclic) bond motifs is 2. The van der Waals surface area contributed by atoms with E-state index >= 15 is 0 Å². The van der Waals surface area contributed by atoms with E-state index < -0.39 is 23.7 Å². The molecule has 0 aliphatic rings. The summed E-state index contributed by atoms with van der Waals surface area (Å²) in [5.74, 6) is -15.2. The van der Waals surface area contributed by atoms with Crippen molar-refractivity contribution in [2.24, 2.45) is 0 Å². The van der Waals surface area contributed by atoms with Crippen molar-refractivity contribution in [3.8, 4) is 0 Å². The summed E-state index contributed by atoms with van der Waals surface area (Å²) in [5.41, 5.74) is -0.143. The molecule has 0 unspecified atom stereocenters. The van der Waals surface area contributed by atoms with Crippen molar-refractivity contribution in [1.82, 2.24) is 0 Å². The van der Waals surface area contributed by atoms with E-state index in [-0.39, 0.29) is 11.4 Å². The summed E-state index contributed by atoms with van der Waals surface area (Å²) in [7, 11) is 0. The van der Waals surface area contributed by atoms with Gasteiger partial charge in [0.1, 0.15) is 0 Å². The van der Waals surface area contributed by atoms with Crippen LogP contribution in [-0.2, 0) is 9.59 Å². The average Bonchev–Trinajstić information content (AvgIpc) is 2.79. The predicted octanol–water partition coefficient (Wildman–Crippen LogP) is 5.84. The van der Waals surface area contributed by atoms with Crippen molar-refractivity contribution in [2.45, 2.75) is 11.8 Å². The van der Waals surface area contributed by atoms with Crippen molar-refractivity contribution in [3.63, 3.8) is 0 Å². The minimum Gasteiger partial charge on any atom is -0.320 e. The van der Waals surface area contributed by atoms with E-state index in [0.29, 0.717) is 21.5 Å². The molecule has 0 fully saturated rings. The maximum absolute atomic E-state index is 14.5. The van der Waals surface area contributed by atoms with Crippen LogP contribution < -0.4 is 10.6 Å². The molecule has 0 aliphatic heterocycles. The highest BCUT2D eigenvalue weighted by Gasteiger charge is 2.67. The zero-order chi connectivity index (χ0) is 22.9. The topological polar surface area (TPSA) is 58.2 Å². The average molecular weight is 440 g/mol. The lowest BCUT2D eigenvalue weighted by Crippen LogP contribution is -2.56. The molecule has 0 aromatic heterocycles. The number of hydrogen-bond donors (Lipinski definition) is 2. The molecule has 2 N–H and O–H groups in total. The smallest absolute Gasteiger partial charge is 0.320 e. The van der Waals surface area contributed by atoms with Gasteiger partial charge in [-0.2, -0.15) is 17.6 Å². The SMILES string of the molecule is O=C(Nc1cccc2ccccc12)C(F)(F)C(F)(F)C(=O)Nc1cccc2ccccc12. The van der Waals surface area contributed by atoms with Crippen LogP contribution in [0.5, 0.6) is 0 Å². The molecular formula is C24H16F4N2O2. The highest BCUT2D eigenvalue weighted by atomic mass is 19.3. The Morgan fingerprint density at radius 3 is 1.28 bits per heavy atom. The third-order valence-electron chi connectivity index (χ3n) is 5.04. The fraction of sp³-hybridized carbons (Fsp3) is 0.0833. The van der Waals surface area contributed by atoms with Gasteiger partial charge in [0.15, 0.2) is 0 Å². The van der Waals surface area contributed by atoms with Crippen LogP contribution in [0.25, 0.3) is 21.5 Å². The predicted molar refractivity (Wildman–Crippen MR) is 115 cm³/mol. The summed E-state index contributed by atoms with van der Waals surface area (Å²) in [5, 5.41) is 5.68. The van der Waals surface area contributed by atoms with Crippen LogP contribution >= 0.6 is 0 Å². The van der Waals surface area contributed by atoms with E-state index in [9.17, 15) is 27.2 Å². The van der Waals surface area contributed by atoms with Gasteiger partial charge in [0.25, 0.3) is 0 Å². The molecule has 0 radical (unpaired) electrons. The summed E-state index contributed by atoms with van der Waals surface area (Å²) >= 11 is 0. The summed E-state index contributed by atoms with van der Waals surface area (Å²) in [4.78, 5) is 24.3. The number of nitrogens with one attached hydrogen (secondary N) is 2. The molecule has 0 aliphatic carbocycles. The Morgan fingerprint density at radius 1 is 0.531 bits per heavy atom. The molecule has 0 atom stereocenters. The largest absolute Gasteiger partial charge is 0.396 e. The van der Waals surface area contributed by atoms with Gasteiger partial charge in [0.2, 0.25) is 0 Å². The van der Waals surface area contributed by atoms with Gasteiger partial charge in [-0.1, -0.05) is 72.8 Å². The minimum atomic E-state index is -5.31. The van der Waals surface area contributed by atoms with Gasteiger partial charge in [0, 0.05) is 22.1 Å². The molecule has 32 heavy (non-hydrogen) atoms. The molecule has 0 heterocycles. The molecule has 4 aromatic rings. The zero-order valence-corrected chi connectivity index (χ0v) is 16.4. The maximum atomic E-state index is 14.5. The van der Waals surface area contributed by atoms with Crippen LogP contribution in [0.4, 0.5) is 28.9 Å². The van der Waals surface area contributed by atoms with Gasteiger partial charge >= 0.3 is 23.7 Å². The van der Waals surface area contributed by atoms with Crippen molar-refractivity contribution < 1.29 is 27.2 Å². The second kappa shape index (κ2) is 7.96. The normalized spacial score (nSPS) is 12.0. The van der Waals surface area contributed by atoms with Crippen LogP contribution in [0.3, 0.4) is 0 Å². The van der Waals surface area contributed by atoms with Gasteiger partial charge in [-0.15, -0.1) is 0 Å². The number of halogens is 4. The third kappa shape index (κ3) is 3.64. The van der Waals surface area contributed by atoms with E-state index in [1.54, 1.807) is 60.7 Å². The summed E-state index contributed by atoms with van der Waals surface area (Å²) < 4.78 is 58.1. The Balaban J connectivity index is 1.59. The lowest BCUT2D eigenvalue weighted by molar-refractivity contribution is -0.204. The van der Waals surface area contributed by atoms with Gasteiger partial charge in [-0.05, 0) is 22.9 Å². The number of benzene rings is 4. The number of alkyl halides is 4. The van der Waals surface area contributed by atoms with Crippen LogP contribution in [-0.4, -0.2) is 23.7 Å². The molecule has 4 rings (SSSR count). The second-order valence-corrected chi connectivity index (χ2v) is 7.11. The number of carbonyl (C=O) groups is 2. The van der Waals surface area contributed by atoms with E-state index in [2.05, 4.69) is 0 Å². The van der Waals surface area contributed by atoms with Crippen LogP contribution in [0, 0.1) is 0 Å². The van der Waals surface area contributed by atoms with Gasteiger partial charge < -0.3 is 10.6 Å². The lowest BCUT2D eigenvalue weighted by Gasteiger charge is -2.25. The molecule has 0 spiro atoms.